The van der Waals surface area contributed by atoms with Gasteiger partial charge in [-0.2, -0.15) is 0 Å². The molecule has 2 rings (SSSR count). The monoisotopic (exact) mass is 382 g/mol. The van der Waals surface area contributed by atoms with Gasteiger partial charge in [0.15, 0.2) is 0 Å². The fourth-order valence-corrected chi connectivity index (χ4v) is 3.02. The van der Waals surface area contributed by atoms with Crippen LogP contribution in [0.25, 0.3) is 0 Å². The minimum absolute atomic E-state index is 0.374. The molecule has 1 N–H and O–H groups in total. The van der Waals surface area contributed by atoms with Crippen molar-refractivity contribution in [2.24, 2.45) is 0 Å². The topological polar surface area (TPSA) is 33.1 Å². The van der Waals surface area contributed by atoms with E-state index in [0.717, 1.165) is 16.9 Å². The Morgan fingerprint density at radius 3 is 1.95 bits per heavy atom. The minimum atomic E-state index is 0.374. The summed E-state index contributed by atoms with van der Waals surface area (Å²) in [6.45, 7) is 8.70. The average Bonchev–Trinajstić information content (AvgIpc) is 2.53. The zero-order valence-corrected chi connectivity index (χ0v) is 15.2. The van der Waals surface area contributed by atoms with E-state index in [1.807, 2.05) is 24.3 Å². The van der Waals surface area contributed by atoms with Crippen LogP contribution in [0, 0.1) is 5.41 Å². The molecule has 0 amide bonds. The number of benzene rings is 2. The van der Waals surface area contributed by atoms with E-state index < -0.39 is 0 Å². The molecule has 3 heteroatoms. The molecule has 0 heterocycles. The molecule has 117 valence electrons. The summed E-state index contributed by atoms with van der Waals surface area (Å²) < 4.78 is 5.38. The molecule has 2 aromatic rings. The first-order valence-corrected chi connectivity index (χ1v) is 8.27. The van der Waals surface area contributed by atoms with Crippen LogP contribution < -0.4 is 3.56 Å². The van der Waals surface area contributed by atoms with Gasteiger partial charge in [0.05, 0.1) is 0 Å². The molecular formula is C19H22NORu. The van der Waals surface area contributed by atoms with E-state index in [1.165, 1.54) is 11.1 Å². The molecule has 0 aliphatic rings. The molecule has 2 nitrogen and oxygen atoms in total. The molecule has 0 aromatic heterocycles. The maximum atomic E-state index is 8.80. The van der Waals surface area contributed by atoms with Crippen LogP contribution in [0.5, 0.6) is 5.75 Å². The summed E-state index contributed by atoms with van der Waals surface area (Å²) in [5.41, 5.74) is 4.85. The Morgan fingerprint density at radius 2 is 1.45 bits per heavy atom. The third-order valence-electron chi connectivity index (χ3n) is 3.86. The molecule has 2 aromatic carbocycles. The standard InChI is InChI=1S/C19H23NO.Ru/c1-12(2)14-9-7-10-15(13(3)4)18(14)19(20)16-8-5-6-11-17(16)21;/h5-13,20-21H,1-4H3;/q;+1/p-1. The number of nitrogens with one attached hydrogen (secondary N) is 1. The van der Waals surface area contributed by atoms with Crippen molar-refractivity contribution in [3.8, 4) is 5.75 Å². The summed E-state index contributed by atoms with van der Waals surface area (Å²) in [6, 6.07) is 14.1. The van der Waals surface area contributed by atoms with Crippen LogP contribution >= 0.6 is 0 Å². The Bertz CT molecular complexity index is 651. The summed E-state index contributed by atoms with van der Waals surface area (Å²) in [7, 11) is 0. The van der Waals surface area contributed by atoms with Gasteiger partial charge in [-0.1, -0.05) is 0 Å². The Kier molecular flexibility index (Phi) is 5.53. The van der Waals surface area contributed by atoms with Crippen LogP contribution in [0.15, 0.2) is 42.5 Å². The summed E-state index contributed by atoms with van der Waals surface area (Å²) >= 11 is 2.18. The summed E-state index contributed by atoms with van der Waals surface area (Å²) in [5.74, 6) is 1.47. The van der Waals surface area contributed by atoms with Gasteiger partial charge >= 0.3 is 143 Å². The SMILES string of the molecule is CC(C)c1cccc(C(C)C)c1C(=N)c1ccccc1[O][Ru]. The van der Waals surface area contributed by atoms with Crippen LogP contribution in [-0.4, -0.2) is 5.71 Å². The van der Waals surface area contributed by atoms with E-state index in [9.17, 15) is 0 Å². The van der Waals surface area contributed by atoms with Crippen LogP contribution in [0.4, 0.5) is 0 Å². The molecule has 0 saturated carbocycles. The van der Waals surface area contributed by atoms with E-state index in [-0.39, 0.29) is 0 Å². The van der Waals surface area contributed by atoms with Gasteiger partial charge in [0.1, 0.15) is 0 Å². The van der Waals surface area contributed by atoms with Crippen molar-refractivity contribution < 1.29 is 22.2 Å². The van der Waals surface area contributed by atoms with Crippen molar-refractivity contribution in [1.82, 2.24) is 0 Å². The second-order valence-corrected chi connectivity index (χ2v) is 6.42. The maximum absolute atomic E-state index is 8.80. The van der Waals surface area contributed by atoms with Crippen LogP contribution in [-0.2, 0) is 18.7 Å². The molecule has 0 aliphatic carbocycles. The fourth-order valence-electron chi connectivity index (χ4n) is 2.71. The van der Waals surface area contributed by atoms with Gasteiger partial charge in [-0.05, 0) is 0 Å². The zero-order valence-electron chi connectivity index (χ0n) is 13.5. The van der Waals surface area contributed by atoms with Crippen LogP contribution in [0.2, 0.25) is 0 Å². The molecule has 0 radical (unpaired) electrons. The van der Waals surface area contributed by atoms with Gasteiger partial charge < -0.3 is 0 Å². The Morgan fingerprint density at radius 1 is 0.909 bits per heavy atom. The van der Waals surface area contributed by atoms with Gasteiger partial charge in [-0.15, -0.1) is 0 Å². The van der Waals surface area contributed by atoms with Crippen molar-refractivity contribution in [3.05, 3.63) is 64.7 Å². The van der Waals surface area contributed by atoms with Crippen molar-refractivity contribution in [3.63, 3.8) is 0 Å². The predicted octanol–water partition coefficient (Wildman–Crippen LogP) is 5.19. The number of para-hydroxylation sites is 1. The second kappa shape index (κ2) is 7.20. The van der Waals surface area contributed by atoms with E-state index in [1.54, 1.807) is 0 Å². The first-order valence-electron chi connectivity index (χ1n) is 7.56. The van der Waals surface area contributed by atoms with Gasteiger partial charge in [0, 0.05) is 0 Å². The Balaban J connectivity index is 2.67. The Labute approximate surface area is 143 Å². The summed E-state index contributed by atoms with van der Waals surface area (Å²) in [5, 5.41) is 8.80. The first kappa shape index (κ1) is 16.9. The second-order valence-electron chi connectivity index (χ2n) is 6.06. The molecule has 0 fully saturated rings. The van der Waals surface area contributed by atoms with Crippen molar-refractivity contribution in [2.75, 3.05) is 0 Å². The van der Waals surface area contributed by atoms with Crippen LogP contribution in [0.1, 0.15) is 61.8 Å². The van der Waals surface area contributed by atoms with Gasteiger partial charge in [0.2, 0.25) is 0 Å². The number of hydrogen-bond donors (Lipinski definition) is 1. The van der Waals surface area contributed by atoms with Gasteiger partial charge in [-0.25, -0.2) is 0 Å². The summed E-state index contributed by atoms with van der Waals surface area (Å²) in [4.78, 5) is 0. The Hall–Kier alpha value is -1.47. The van der Waals surface area contributed by atoms with Gasteiger partial charge in [0.25, 0.3) is 0 Å². The molecule has 0 saturated heterocycles. The molecule has 0 unspecified atom stereocenters. The van der Waals surface area contributed by atoms with E-state index in [0.29, 0.717) is 17.5 Å². The van der Waals surface area contributed by atoms with Crippen molar-refractivity contribution >= 4 is 5.71 Å². The van der Waals surface area contributed by atoms with Crippen molar-refractivity contribution in [2.45, 2.75) is 39.5 Å². The molecule has 0 spiro atoms. The van der Waals surface area contributed by atoms with Crippen LogP contribution in [0.3, 0.4) is 0 Å². The number of hydrogen-bond acceptors (Lipinski definition) is 2. The van der Waals surface area contributed by atoms with Crippen molar-refractivity contribution in [1.29, 1.82) is 5.41 Å². The predicted molar refractivity (Wildman–Crippen MR) is 87.6 cm³/mol. The summed E-state index contributed by atoms with van der Waals surface area (Å²) in [6.07, 6.45) is 0. The quantitative estimate of drug-likeness (QED) is 0.561. The molecule has 0 aliphatic heterocycles. The average molecular weight is 381 g/mol. The zero-order chi connectivity index (χ0) is 16.3. The molecular weight excluding hydrogens is 359 g/mol. The first-order chi connectivity index (χ1) is 10.5. The normalized spacial score (nSPS) is 11.0. The molecule has 0 bridgehead atoms. The molecule has 22 heavy (non-hydrogen) atoms. The third kappa shape index (κ3) is 3.30. The van der Waals surface area contributed by atoms with E-state index >= 15 is 0 Å². The van der Waals surface area contributed by atoms with E-state index in [2.05, 4.69) is 64.6 Å². The van der Waals surface area contributed by atoms with E-state index in [4.69, 9.17) is 8.97 Å². The molecule has 0 atom stereocenters. The fraction of sp³-hybridized carbons (Fsp3) is 0.316. The third-order valence-corrected chi connectivity index (χ3v) is 4.24. The number of rotatable bonds is 5. The van der Waals surface area contributed by atoms with Gasteiger partial charge in [-0.3, -0.25) is 0 Å².